The topological polar surface area (TPSA) is 83.8 Å². The minimum atomic E-state index is -1.08. The van der Waals surface area contributed by atoms with Crippen LogP contribution in [0.25, 0.3) is 0 Å². The number of rotatable bonds is 2. The lowest BCUT2D eigenvalue weighted by atomic mass is 9.44. The number of esters is 1. The average molecular weight is 386 g/mol. The number of aldehydes is 1. The van der Waals surface area contributed by atoms with Crippen LogP contribution in [0.2, 0.25) is 0 Å². The van der Waals surface area contributed by atoms with Gasteiger partial charge in [0.15, 0.2) is 0 Å². The van der Waals surface area contributed by atoms with Gasteiger partial charge in [0.05, 0.1) is 17.1 Å². The summed E-state index contributed by atoms with van der Waals surface area (Å²) in [5, 5.41) is 21.6. The van der Waals surface area contributed by atoms with Gasteiger partial charge >= 0.3 is 5.97 Å². The second-order valence-electron chi connectivity index (χ2n) is 10.1. The van der Waals surface area contributed by atoms with Crippen LogP contribution in [0.5, 0.6) is 0 Å². The highest BCUT2D eigenvalue weighted by atomic mass is 16.5. The smallest absolute Gasteiger partial charge is 0.331 e. The molecule has 4 aliphatic carbocycles. The summed E-state index contributed by atoms with van der Waals surface area (Å²) >= 11 is 0. The zero-order valence-corrected chi connectivity index (χ0v) is 16.5. The molecule has 1 aliphatic heterocycles. The Morgan fingerprint density at radius 2 is 2.04 bits per heavy atom. The zero-order valence-electron chi connectivity index (χ0n) is 16.5. The lowest BCUT2D eigenvalue weighted by molar-refractivity contribution is -0.200. The number of ether oxygens (including phenoxy) is 1. The highest BCUT2D eigenvalue weighted by Crippen LogP contribution is 2.67. The molecule has 28 heavy (non-hydrogen) atoms. The first-order valence-electron chi connectivity index (χ1n) is 10.8. The van der Waals surface area contributed by atoms with Crippen LogP contribution in [-0.2, 0) is 14.3 Å². The van der Waals surface area contributed by atoms with E-state index in [2.05, 4.69) is 13.0 Å². The van der Waals surface area contributed by atoms with Crippen LogP contribution in [-0.4, -0.2) is 40.8 Å². The third kappa shape index (κ3) is 2.26. The number of aliphatic hydroxyl groups is 2. The molecule has 0 aromatic heterocycles. The van der Waals surface area contributed by atoms with Crippen molar-refractivity contribution in [1.82, 2.24) is 0 Å². The molecule has 2 N–H and O–H groups in total. The van der Waals surface area contributed by atoms with Crippen molar-refractivity contribution in [2.24, 2.45) is 28.6 Å². The van der Waals surface area contributed by atoms with E-state index in [0.717, 1.165) is 37.5 Å². The maximum absolute atomic E-state index is 12.4. The molecule has 3 fully saturated rings. The first-order valence-corrected chi connectivity index (χ1v) is 10.8. The van der Waals surface area contributed by atoms with Crippen LogP contribution < -0.4 is 0 Å². The summed E-state index contributed by atoms with van der Waals surface area (Å²) in [6.45, 7) is 2.72. The third-order valence-electron chi connectivity index (χ3n) is 9.07. The van der Waals surface area contributed by atoms with Gasteiger partial charge in [-0.15, -0.1) is 0 Å². The summed E-state index contributed by atoms with van der Waals surface area (Å²) in [6.07, 6.45) is 10.3. The maximum Gasteiger partial charge on any atom is 0.331 e. The van der Waals surface area contributed by atoms with E-state index in [1.54, 1.807) is 6.08 Å². The van der Waals surface area contributed by atoms with Crippen LogP contribution in [0.1, 0.15) is 58.3 Å². The second-order valence-corrected chi connectivity index (χ2v) is 10.1. The molecule has 5 nitrogen and oxygen atoms in total. The van der Waals surface area contributed by atoms with E-state index in [-0.39, 0.29) is 17.3 Å². The van der Waals surface area contributed by atoms with E-state index in [4.69, 9.17) is 4.74 Å². The van der Waals surface area contributed by atoms with Crippen molar-refractivity contribution in [3.63, 3.8) is 0 Å². The Morgan fingerprint density at radius 3 is 2.75 bits per heavy atom. The molecule has 0 aromatic carbocycles. The maximum atomic E-state index is 12.4. The minimum absolute atomic E-state index is 0.00862. The van der Waals surface area contributed by atoms with Crippen molar-refractivity contribution in [3.8, 4) is 0 Å². The molecule has 0 radical (unpaired) electrons. The van der Waals surface area contributed by atoms with Gasteiger partial charge in [0.1, 0.15) is 12.9 Å². The van der Waals surface area contributed by atoms with Gasteiger partial charge in [-0.25, -0.2) is 4.79 Å². The fourth-order valence-corrected chi connectivity index (χ4v) is 7.67. The van der Waals surface area contributed by atoms with Crippen LogP contribution in [0.3, 0.4) is 0 Å². The van der Waals surface area contributed by atoms with Gasteiger partial charge in [0, 0.05) is 12.5 Å². The number of cyclic esters (lactones) is 1. The zero-order chi connectivity index (χ0) is 19.7. The van der Waals surface area contributed by atoms with E-state index in [9.17, 15) is 19.8 Å². The molecule has 0 aromatic rings. The Morgan fingerprint density at radius 1 is 1.21 bits per heavy atom. The molecule has 5 rings (SSSR count). The molecule has 0 amide bonds. The molecule has 5 aliphatic rings. The Balaban J connectivity index is 1.48. The van der Waals surface area contributed by atoms with Crippen molar-refractivity contribution in [2.75, 3.05) is 6.61 Å². The predicted octanol–water partition coefficient (Wildman–Crippen LogP) is 2.70. The van der Waals surface area contributed by atoms with Crippen molar-refractivity contribution < 1.29 is 24.5 Å². The normalized spacial score (nSPS) is 50.0. The first kappa shape index (κ1) is 18.6. The fourth-order valence-electron chi connectivity index (χ4n) is 7.67. The average Bonchev–Trinajstić information content (AvgIpc) is 3.23. The molecular weight excluding hydrogens is 356 g/mol. The van der Waals surface area contributed by atoms with Crippen molar-refractivity contribution in [3.05, 3.63) is 23.3 Å². The number of fused-ring (bicyclic) bond motifs is 5. The fraction of sp³-hybridized carbons (Fsp3) is 0.739. The molecular formula is C23H30O5. The quantitative estimate of drug-likeness (QED) is 0.433. The lowest BCUT2D eigenvalue weighted by Crippen LogP contribution is -2.64. The van der Waals surface area contributed by atoms with E-state index in [1.807, 2.05) is 0 Å². The Kier molecular flexibility index (Phi) is 3.99. The van der Waals surface area contributed by atoms with Gasteiger partial charge in [-0.05, 0) is 73.7 Å². The van der Waals surface area contributed by atoms with Crippen LogP contribution >= 0.6 is 0 Å². The minimum Gasteiger partial charge on any atom is -0.458 e. The van der Waals surface area contributed by atoms with Crippen LogP contribution in [0.15, 0.2) is 23.3 Å². The standard InChI is InChI=1S/C23H30O5/c1-21-7-6-19-16(18(21)3-2-17(21)14-10-20(26)28-12-14)5-9-23(27)11-15(25)4-8-22(19,23)13-24/h3,10,13,15-17,19,25,27H,2,4-9,11-12H2,1H3/t15-,16-,17-,19-,21-,22+,23+/m1/s1. The number of carbonyl (C=O) groups excluding carboxylic acids is 2. The molecule has 0 unspecified atom stereocenters. The van der Waals surface area contributed by atoms with Crippen molar-refractivity contribution >= 4 is 12.3 Å². The molecule has 0 saturated heterocycles. The Labute approximate surface area is 165 Å². The molecule has 0 spiro atoms. The van der Waals surface area contributed by atoms with Gasteiger partial charge in [-0.2, -0.15) is 0 Å². The molecule has 7 atom stereocenters. The number of hydrogen-bond donors (Lipinski definition) is 2. The Bertz CT molecular complexity index is 784. The molecule has 5 heteroatoms. The van der Waals surface area contributed by atoms with Crippen molar-refractivity contribution in [2.45, 2.75) is 70.0 Å². The van der Waals surface area contributed by atoms with E-state index >= 15 is 0 Å². The molecule has 3 saturated carbocycles. The molecule has 0 bridgehead atoms. The second kappa shape index (κ2) is 6.02. The van der Waals surface area contributed by atoms with E-state index in [1.165, 1.54) is 5.57 Å². The molecule has 152 valence electrons. The molecule has 1 heterocycles. The third-order valence-corrected chi connectivity index (χ3v) is 9.07. The van der Waals surface area contributed by atoms with Gasteiger partial charge in [-0.1, -0.05) is 18.6 Å². The number of hydrogen-bond acceptors (Lipinski definition) is 5. The summed E-state index contributed by atoms with van der Waals surface area (Å²) in [7, 11) is 0. The van der Waals surface area contributed by atoms with Gasteiger partial charge in [0.25, 0.3) is 0 Å². The van der Waals surface area contributed by atoms with Gasteiger partial charge in [0.2, 0.25) is 0 Å². The van der Waals surface area contributed by atoms with Gasteiger partial charge in [-0.3, -0.25) is 0 Å². The largest absolute Gasteiger partial charge is 0.458 e. The summed E-state index contributed by atoms with van der Waals surface area (Å²) in [5.74, 6) is 0.521. The van der Waals surface area contributed by atoms with Gasteiger partial charge < -0.3 is 19.7 Å². The first-order chi connectivity index (χ1) is 13.3. The number of carbonyl (C=O) groups is 2. The summed E-state index contributed by atoms with van der Waals surface area (Å²) in [5.41, 5.74) is 0.739. The highest BCUT2D eigenvalue weighted by molar-refractivity contribution is 5.85. The van der Waals surface area contributed by atoms with Crippen molar-refractivity contribution in [1.29, 1.82) is 0 Å². The Hall–Kier alpha value is -1.46. The lowest BCUT2D eigenvalue weighted by Gasteiger charge is -2.61. The van der Waals surface area contributed by atoms with Crippen LogP contribution in [0, 0.1) is 28.6 Å². The monoisotopic (exact) mass is 386 g/mol. The highest BCUT2D eigenvalue weighted by Gasteiger charge is 2.65. The van der Waals surface area contributed by atoms with Crippen LogP contribution in [0.4, 0.5) is 0 Å². The summed E-state index contributed by atoms with van der Waals surface area (Å²) < 4.78 is 5.18. The number of aliphatic hydroxyl groups excluding tert-OH is 1. The summed E-state index contributed by atoms with van der Waals surface area (Å²) in [4.78, 5) is 24.0. The van der Waals surface area contributed by atoms with E-state index in [0.29, 0.717) is 44.1 Å². The SMILES string of the molecule is C[C@]12CC[C@@H]3[C@H](CC[C@]4(O)C[C@H](O)CC[C@]34C=O)C1=CC[C@@H]2C1=CC(=O)OC1. The predicted molar refractivity (Wildman–Crippen MR) is 102 cm³/mol. The van der Waals surface area contributed by atoms with E-state index < -0.39 is 17.1 Å². The number of allylic oxidation sites excluding steroid dienone is 2. The summed E-state index contributed by atoms with van der Waals surface area (Å²) in [6, 6.07) is 0.